The minimum Gasteiger partial charge on any atom is -0.497 e. The van der Waals surface area contributed by atoms with Crippen molar-refractivity contribution in [2.75, 3.05) is 30.9 Å². The van der Waals surface area contributed by atoms with E-state index in [2.05, 4.69) is 20.6 Å². The number of methoxy groups -OCH3 is 1. The number of amides is 1. The van der Waals surface area contributed by atoms with Gasteiger partial charge in [-0.05, 0) is 61.5 Å². The van der Waals surface area contributed by atoms with Crippen LogP contribution in [0.15, 0.2) is 54.6 Å². The van der Waals surface area contributed by atoms with E-state index < -0.39 is 5.91 Å². The molecule has 0 saturated heterocycles. The zero-order chi connectivity index (χ0) is 20.6. The van der Waals surface area contributed by atoms with Crippen LogP contribution in [0, 0.1) is 12.7 Å². The van der Waals surface area contributed by atoms with E-state index in [-0.39, 0.29) is 11.5 Å². The molecule has 1 heterocycles. The van der Waals surface area contributed by atoms with E-state index in [9.17, 15) is 9.18 Å². The van der Waals surface area contributed by atoms with Crippen molar-refractivity contribution in [1.29, 1.82) is 0 Å². The molecule has 0 aliphatic heterocycles. The van der Waals surface area contributed by atoms with Gasteiger partial charge in [0, 0.05) is 11.4 Å². The molecule has 150 valence electrons. The minimum absolute atomic E-state index is 0.209. The van der Waals surface area contributed by atoms with Gasteiger partial charge in [0.25, 0.3) is 5.91 Å². The fraction of sp³-hybridized carbons (Fsp3) is 0.190. The Morgan fingerprint density at radius 3 is 2.41 bits per heavy atom. The van der Waals surface area contributed by atoms with Crippen molar-refractivity contribution in [1.82, 2.24) is 9.97 Å². The highest BCUT2D eigenvalue weighted by atomic mass is 19.1. The van der Waals surface area contributed by atoms with E-state index >= 15 is 0 Å². The Morgan fingerprint density at radius 1 is 1.03 bits per heavy atom. The highest BCUT2D eigenvalue weighted by molar-refractivity contribution is 6.03. The molecule has 0 aliphatic rings. The van der Waals surface area contributed by atoms with Gasteiger partial charge in [-0.15, -0.1) is 0 Å². The first-order valence-corrected chi connectivity index (χ1v) is 8.97. The summed E-state index contributed by atoms with van der Waals surface area (Å²) in [6.07, 6.45) is 0. The van der Waals surface area contributed by atoms with Gasteiger partial charge >= 0.3 is 0 Å². The van der Waals surface area contributed by atoms with Crippen LogP contribution in [0.5, 0.6) is 11.5 Å². The van der Waals surface area contributed by atoms with Crippen LogP contribution < -0.4 is 20.1 Å². The van der Waals surface area contributed by atoms with Crippen molar-refractivity contribution in [3.05, 3.63) is 71.8 Å². The fourth-order valence-corrected chi connectivity index (χ4v) is 2.50. The van der Waals surface area contributed by atoms with Gasteiger partial charge in [0.15, 0.2) is 0 Å². The Labute approximate surface area is 167 Å². The van der Waals surface area contributed by atoms with Gasteiger partial charge in [-0.1, -0.05) is 0 Å². The number of aromatic nitrogens is 2. The normalized spacial score (nSPS) is 10.3. The summed E-state index contributed by atoms with van der Waals surface area (Å²) in [5.74, 6) is 1.03. The van der Waals surface area contributed by atoms with Crippen LogP contribution in [0.3, 0.4) is 0 Å². The average Bonchev–Trinajstić information content (AvgIpc) is 2.73. The molecule has 2 aromatic carbocycles. The summed E-state index contributed by atoms with van der Waals surface area (Å²) in [5.41, 5.74) is 1.33. The Morgan fingerprint density at radius 2 is 1.72 bits per heavy atom. The highest BCUT2D eigenvalue weighted by Crippen LogP contribution is 2.17. The lowest BCUT2D eigenvalue weighted by molar-refractivity contribution is 0.102. The molecular formula is C21H21FN4O3. The number of benzene rings is 2. The SMILES string of the molecule is COc1ccc(OCCNc2nc(C)cc(C(=O)Nc3ccc(F)cc3)n2)cc1. The number of anilines is 2. The van der Waals surface area contributed by atoms with Gasteiger partial charge in [0.1, 0.15) is 29.6 Å². The molecule has 0 fully saturated rings. The number of hydrogen-bond acceptors (Lipinski definition) is 6. The van der Waals surface area contributed by atoms with Crippen LogP contribution >= 0.6 is 0 Å². The van der Waals surface area contributed by atoms with E-state index in [1.165, 1.54) is 24.3 Å². The zero-order valence-electron chi connectivity index (χ0n) is 16.1. The minimum atomic E-state index is -0.403. The van der Waals surface area contributed by atoms with Crippen LogP contribution in [0.25, 0.3) is 0 Å². The van der Waals surface area contributed by atoms with Crippen LogP contribution in [-0.2, 0) is 0 Å². The summed E-state index contributed by atoms with van der Waals surface area (Å²) in [6, 6.07) is 14.4. The number of nitrogens with one attached hydrogen (secondary N) is 2. The predicted octanol–water partition coefficient (Wildman–Crippen LogP) is 3.68. The topological polar surface area (TPSA) is 85.4 Å². The first-order valence-electron chi connectivity index (χ1n) is 8.97. The lowest BCUT2D eigenvalue weighted by atomic mass is 10.3. The maximum atomic E-state index is 13.0. The molecule has 1 aromatic heterocycles. The van der Waals surface area contributed by atoms with Crippen LogP contribution in [0.4, 0.5) is 16.0 Å². The third-order valence-electron chi connectivity index (χ3n) is 3.90. The molecule has 3 rings (SSSR count). The Bertz CT molecular complexity index is 963. The van der Waals surface area contributed by atoms with Crippen LogP contribution in [-0.4, -0.2) is 36.1 Å². The number of nitrogens with zero attached hydrogens (tertiary/aromatic N) is 2. The second-order valence-corrected chi connectivity index (χ2v) is 6.13. The van der Waals surface area contributed by atoms with Crippen molar-refractivity contribution in [2.45, 2.75) is 6.92 Å². The van der Waals surface area contributed by atoms with Gasteiger partial charge in [-0.3, -0.25) is 4.79 Å². The summed E-state index contributed by atoms with van der Waals surface area (Å²) in [6.45, 7) is 2.62. The van der Waals surface area contributed by atoms with Crippen molar-refractivity contribution in [2.24, 2.45) is 0 Å². The molecule has 1 amide bonds. The standard InChI is InChI=1S/C21H21FN4O3/c1-14-13-19(20(27)25-16-5-3-15(22)4-6-16)26-21(24-14)23-11-12-29-18-9-7-17(28-2)8-10-18/h3-10,13H,11-12H2,1-2H3,(H,25,27)(H,23,24,26). The van der Waals surface area contributed by atoms with Crippen molar-refractivity contribution in [3.8, 4) is 11.5 Å². The second-order valence-electron chi connectivity index (χ2n) is 6.13. The van der Waals surface area contributed by atoms with Gasteiger partial charge in [0.05, 0.1) is 13.7 Å². The van der Waals surface area contributed by atoms with Gasteiger partial charge < -0.3 is 20.1 Å². The number of carbonyl (C=O) groups is 1. The van der Waals surface area contributed by atoms with Crippen molar-refractivity contribution < 1.29 is 18.7 Å². The number of ether oxygens (including phenoxy) is 2. The van der Waals surface area contributed by atoms with E-state index in [0.717, 1.165) is 11.5 Å². The van der Waals surface area contributed by atoms with Gasteiger partial charge in [0.2, 0.25) is 5.95 Å². The monoisotopic (exact) mass is 396 g/mol. The maximum Gasteiger partial charge on any atom is 0.274 e. The van der Waals surface area contributed by atoms with Crippen molar-refractivity contribution >= 4 is 17.5 Å². The second kappa shape index (κ2) is 9.50. The Kier molecular flexibility index (Phi) is 6.57. The molecule has 7 nitrogen and oxygen atoms in total. The molecule has 8 heteroatoms. The molecule has 0 atom stereocenters. The number of rotatable bonds is 8. The number of halogens is 1. The summed E-state index contributed by atoms with van der Waals surface area (Å²) >= 11 is 0. The van der Waals surface area contributed by atoms with E-state index in [1.54, 1.807) is 20.1 Å². The van der Waals surface area contributed by atoms with E-state index in [0.29, 0.717) is 30.5 Å². The largest absolute Gasteiger partial charge is 0.497 e. The molecular weight excluding hydrogens is 375 g/mol. The van der Waals surface area contributed by atoms with Crippen molar-refractivity contribution in [3.63, 3.8) is 0 Å². The molecule has 0 bridgehead atoms. The Hall–Kier alpha value is -3.68. The van der Waals surface area contributed by atoms with E-state index in [4.69, 9.17) is 9.47 Å². The summed E-state index contributed by atoms with van der Waals surface area (Å²) in [4.78, 5) is 20.9. The van der Waals surface area contributed by atoms with Gasteiger partial charge in [-0.2, -0.15) is 0 Å². The fourth-order valence-electron chi connectivity index (χ4n) is 2.50. The van der Waals surface area contributed by atoms with Gasteiger partial charge in [-0.25, -0.2) is 14.4 Å². The smallest absolute Gasteiger partial charge is 0.274 e. The third-order valence-corrected chi connectivity index (χ3v) is 3.90. The summed E-state index contributed by atoms with van der Waals surface area (Å²) < 4.78 is 23.7. The van der Waals surface area contributed by atoms with Crippen LogP contribution in [0.2, 0.25) is 0 Å². The number of aryl methyl sites for hydroxylation is 1. The molecule has 0 unspecified atom stereocenters. The first kappa shape index (κ1) is 20.1. The molecule has 0 saturated carbocycles. The lowest BCUT2D eigenvalue weighted by Crippen LogP contribution is -2.18. The predicted molar refractivity (Wildman–Crippen MR) is 108 cm³/mol. The number of carbonyl (C=O) groups excluding carboxylic acids is 1. The highest BCUT2D eigenvalue weighted by Gasteiger charge is 2.11. The molecule has 0 aliphatic carbocycles. The molecule has 29 heavy (non-hydrogen) atoms. The molecule has 3 aromatic rings. The molecule has 0 radical (unpaired) electrons. The first-order chi connectivity index (χ1) is 14.0. The molecule has 2 N–H and O–H groups in total. The molecule has 0 spiro atoms. The van der Waals surface area contributed by atoms with E-state index in [1.807, 2.05) is 24.3 Å². The Balaban J connectivity index is 1.55. The third kappa shape index (κ3) is 5.90. The maximum absolute atomic E-state index is 13.0. The van der Waals surface area contributed by atoms with Crippen LogP contribution in [0.1, 0.15) is 16.2 Å². The average molecular weight is 396 g/mol. The summed E-state index contributed by atoms with van der Waals surface area (Å²) in [7, 11) is 1.61. The lowest BCUT2D eigenvalue weighted by Gasteiger charge is -2.10. The number of hydrogen-bond donors (Lipinski definition) is 2. The zero-order valence-corrected chi connectivity index (χ0v) is 16.1. The summed E-state index contributed by atoms with van der Waals surface area (Å²) in [5, 5.41) is 5.72. The quantitative estimate of drug-likeness (QED) is 0.565.